The Kier molecular flexibility index (Phi) is 32.8. The van der Waals surface area contributed by atoms with Crippen LogP contribution in [0, 0.1) is 0 Å². The Hall–Kier alpha value is -3.21. The number of hydrogen-bond acceptors (Lipinski definition) is 8. The molecule has 1 aromatic heterocycles. The van der Waals surface area contributed by atoms with Crippen LogP contribution in [0.1, 0.15) is 194 Å². The molecule has 1 N–H and O–H groups in total. The Morgan fingerprint density at radius 2 is 0.732 bits per heavy atom. The van der Waals surface area contributed by atoms with Gasteiger partial charge in [-0.15, -0.1) is 0 Å². The molecule has 0 aliphatic heterocycles. The number of allylic oxidation sites excluding steroid dienone is 4. The highest BCUT2D eigenvalue weighted by Gasteiger charge is 2.16. The minimum Gasteiger partial charge on any atom is -0.464 e. The maximum atomic E-state index is 13.1. The number of aliphatic hydroxyl groups excluding tert-OH is 1. The first-order valence-electron chi connectivity index (χ1n) is 22.5. The zero-order chi connectivity index (χ0) is 40.9. The highest BCUT2D eigenvalue weighted by Crippen LogP contribution is 2.12. The third kappa shape index (κ3) is 25.9. The van der Waals surface area contributed by atoms with Crippen LogP contribution < -0.4 is 17.1 Å². The second-order valence-electron chi connectivity index (χ2n) is 15.1. The van der Waals surface area contributed by atoms with Gasteiger partial charge < -0.3 is 14.6 Å². The molecule has 0 radical (unpaired) electrons. The summed E-state index contributed by atoms with van der Waals surface area (Å²) in [6, 6.07) is 0. The molecule has 56 heavy (non-hydrogen) atoms. The molecule has 1 aromatic rings. The largest absolute Gasteiger partial charge is 0.464 e. The third-order valence-corrected chi connectivity index (χ3v) is 10.2. The molecule has 0 aliphatic rings. The Bertz CT molecular complexity index is 1280. The zero-order valence-electron chi connectivity index (χ0n) is 35.5. The van der Waals surface area contributed by atoms with Crippen LogP contribution in [-0.4, -0.2) is 50.6 Å². The summed E-state index contributed by atoms with van der Waals surface area (Å²) in [5.74, 6) is -0.810. The molecule has 0 unspecified atom stereocenters. The molecule has 0 amide bonds. The predicted octanol–water partition coefficient (Wildman–Crippen LogP) is 9.33. The summed E-state index contributed by atoms with van der Waals surface area (Å²) in [7, 11) is 0. The molecule has 0 spiro atoms. The molecule has 1 rings (SSSR count). The maximum absolute atomic E-state index is 13.1. The lowest BCUT2D eigenvalue weighted by Gasteiger charge is -2.14. The fourth-order valence-electron chi connectivity index (χ4n) is 6.68. The number of carbonyl (C=O) groups excluding carboxylic acids is 2. The molecular formula is C45H79N3O8. The minimum absolute atomic E-state index is 0.207. The van der Waals surface area contributed by atoms with Gasteiger partial charge in [-0.2, -0.15) is 0 Å². The van der Waals surface area contributed by atoms with Gasteiger partial charge in [-0.3, -0.25) is 9.59 Å². The summed E-state index contributed by atoms with van der Waals surface area (Å²) in [6.45, 7) is 2.80. The fourth-order valence-corrected chi connectivity index (χ4v) is 6.68. The van der Waals surface area contributed by atoms with Crippen LogP contribution in [-0.2, 0) is 38.7 Å². The van der Waals surface area contributed by atoms with Crippen LogP contribution in [0.3, 0.4) is 0 Å². The number of nitrogens with zero attached hydrogens (tertiary/aromatic N) is 3. The van der Waals surface area contributed by atoms with E-state index in [1.165, 1.54) is 89.9 Å². The monoisotopic (exact) mass is 790 g/mol. The number of unbranched alkanes of at least 4 members (excludes halogenated alkanes) is 22. The first-order valence-corrected chi connectivity index (χ1v) is 22.5. The second-order valence-corrected chi connectivity index (χ2v) is 15.1. The average Bonchev–Trinajstić information content (AvgIpc) is 3.19. The van der Waals surface area contributed by atoms with Crippen molar-refractivity contribution in [3.8, 4) is 0 Å². The highest BCUT2D eigenvalue weighted by molar-refractivity contribution is 5.69. The van der Waals surface area contributed by atoms with E-state index in [1.807, 2.05) is 0 Å². The molecule has 0 bridgehead atoms. The van der Waals surface area contributed by atoms with Crippen LogP contribution in [0.4, 0.5) is 0 Å². The van der Waals surface area contributed by atoms with Gasteiger partial charge in [-0.1, -0.05) is 141 Å². The molecule has 0 aliphatic carbocycles. The van der Waals surface area contributed by atoms with Crippen molar-refractivity contribution in [2.24, 2.45) is 0 Å². The number of aromatic nitrogens is 3. The molecule has 0 aromatic carbocycles. The van der Waals surface area contributed by atoms with Crippen LogP contribution in [0.5, 0.6) is 0 Å². The van der Waals surface area contributed by atoms with E-state index in [0.29, 0.717) is 12.8 Å². The number of rotatable bonds is 38. The molecular weight excluding hydrogens is 711 g/mol. The van der Waals surface area contributed by atoms with E-state index in [0.717, 1.165) is 77.9 Å². The van der Waals surface area contributed by atoms with Gasteiger partial charge in [0.1, 0.15) is 13.2 Å². The number of ether oxygens (including phenoxy) is 2. The van der Waals surface area contributed by atoms with E-state index >= 15 is 0 Å². The van der Waals surface area contributed by atoms with Crippen molar-refractivity contribution in [3.05, 3.63) is 55.8 Å². The van der Waals surface area contributed by atoms with Gasteiger partial charge in [-0.25, -0.2) is 28.1 Å². The molecule has 1 heterocycles. The van der Waals surface area contributed by atoms with E-state index in [9.17, 15) is 29.1 Å². The van der Waals surface area contributed by atoms with E-state index in [-0.39, 0.29) is 45.7 Å². The molecule has 0 saturated heterocycles. The van der Waals surface area contributed by atoms with Crippen LogP contribution >= 0.6 is 0 Å². The summed E-state index contributed by atoms with van der Waals surface area (Å²) >= 11 is 0. The maximum Gasteiger partial charge on any atom is 0.336 e. The summed E-state index contributed by atoms with van der Waals surface area (Å²) in [6.07, 6.45) is 39.9. The summed E-state index contributed by atoms with van der Waals surface area (Å²) < 4.78 is 13.0. The van der Waals surface area contributed by atoms with Crippen molar-refractivity contribution >= 4 is 11.9 Å². The third-order valence-electron chi connectivity index (χ3n) is 10.2. The van der Waals surface area contributed by atoms with Crippen molar-refractivity contribution in [1.29, 1.82) is 0 Å². The van der Waals surface area contributed by atoms with E-state index in [4.69, 9.17) is 9.47 Å². The Balaban J connectivity index is 2.31. The van der Waals surface area contributed by atoms with Crippen molar-refractivity contribution in [3.63, 3.8) is 0 Å². The van der Waals surface area contributed by atoms with Crippen molar-refractivity contribution < 1.29 is 24.2 Å². The number of carbonyl (C=O) groups is 2. The fraction of sp³-hybridized carbons (Fsp3) is 0.800. The van der Waals surface area contributed by atoms with E-state index < -0.39 is 35.6 Å². The molecule has 0 fully saturated rings. The second kappa shape index (κ2) is 36.2. The van der Waals surface area contributed by atoms with Crippen molar-refractivity contribution in [1.82, 2.24) is 13.7 Å². The lowest BCUT2D eigenvalue weighted by Crippen LogP contribution is -2.55. The number of aliphatic hydroxyl groups is 1. The van der Waals surface area contributed by atoms with Gasteiger partial charge in [0.25, 0.3) is 0 Å². The van der Waals surface area contributed by atoms with Gasteiger partial charge in [0, 0.05) is 12.8 Å². The number of esters is 2. The molecule has 11 heteroatoms. The van der Waals surface area contributed by atoms with Gasteiger partial charge in [0.2, 0.25) is 0 Å². The normalized spacial score (nSPS) is 11.6. The lowest BCUT2D eigenvalue weighted by atomic mass is 10.1. The standard InChI is InChI=1S/C45H79N3O8/c1-3-5-7-9-11-13-15-17-19-21-23-25-27-29-31-33-41(50)55-39-36-47-43(52)46(35-38-49)44(53)48(45(47)54)37-40-56-42(51)34-32-30-28-26-24-22-20-18-16-14-12-10-8-6-4-2/h17-20,49H,3-16,21-40H2,1-2H3/b19-17-,20-18-. The average molecular weight is 790 g/mol. The Morgan fingerprint density at radius 3 is 1.05 bits per heavy atom. The van der Waals surface area contributed by atoms with Crippen LogP contribution in [0.25, 0.3) is 0 Å². The predicted molar refractivity (Wildman–Crippen MR) is 227 cm³/mol. The lowest BCUT2D eigenvalue weighted by molar-refractivity contribution is -0.144. The first-order chi connectivity index (χ1) is 27.4. The summed E-state index contributed by atoms with van der Waals surface area (Å²) in [5.41, 5.74) is -2.66. The summed E-state index contributed by atoms with van der Waals surface area (Å²) in [5, 5.41) is 9.44. The zero-order valence-corrected chi connectivity index (χ0v) is 35.5. The van der Waals surface area contributed by atoms with Gasteiger partial charge in [0.05, 0.1) is 26.2 Å². The molecule has 322 valence electrons. The van der Waals surface area contributed by atoms with Crippen molar-refractivity contribution in [2.75, 3.05) is 19.8 Å². The SMILES string of the molecule is CCCCCCCC/C=C\CCCCCCCC(=O)OCCn1c(=O)n(CCO)c(=O)n(CCOC(=O)CCCCCCC/C=C\CCCCCCCC)c1=O. The van der Waals surface area contributed by atoms with Crippen LogP contribution in [0.2, 0.25) is 0 Å². The Morgan fingerprint density at radius 1 is 0.446 bits per heavy atom. The van der Waals surface area contributed by atoms with Gasteiger partial charge in [0.15, 0.2) is 0 Å². The quantitative estimate of drug-likeness (QED) is 0.0398. The van der Waals surface area contributed by atoms with E-state index in [1.54, 1.807) is 0 Å². The van der Waals surface area contributed by atoms with Gasteiger partial charge in [-0.05, 0) is 64.2 Å². The van der Waals surface area contributed by atoms with Crippen molar-refractivity contribution in [2.45, 2.75) is 213 Å². The Labute approximate surface area is 337 Å². The topological polar surface area (TPSA) is 139 Å². The molecule has 0 atom stereocenters. The molecule has 0 saturated carbocycles. The number of hydrogen-bond donors (Lipinski definition) is 1. The minimum atomic E-state index is -0.889. The van der Waals surface area contributed by atoms with Crippen LogP contribution in [0.15, 0.2) is 38.7 Å². The first kappa shape index (κ1) is 50.8. The van der Waals surface area contributed by atoms with Gasteiger partial charge >= 0.3 is 29.0 Å². The smallest absolute Gasteiger partial charge is 0.336 e. The highest BCUT2D eigenvalue weighted by atomic mass is 16.5. The molecule has 11 nitrogen and oxygen atoms in total. The summed E-state index contributed by atoms with van der Waals surface area (Å²) in [4.78, 5) is 63.6. The van der Waals surface area contributed by atoms with E-state index in [2.05, 4.69) is 38.2 Å².